The second kappa shape index (κ2) is 8.73. The number of nitrogens with zero attached hydrogens (tertiary/aromatic N) is 4. The van der Waals surface area contributed by atoms with Crippen LogP contribution in [0.25, 0.3) is 22.3 Å². The van der Waals surface area contributed by atoms with Crippen molar-refractivity contribution in [1.82, 2.24) is 24.6 Å². The van der Waals surface area contributed by atoms with E-state index in [0.717, 1.165) is 28.8 Å². The van der Waals surface area contributed by atoms with Gasteiger partial charge < -0.3 is 9.88 Å². The Morgan fingerprint density at radius 3 is 2.55 bits per heavy atom. The molecule has 0 bridgehead atoms. The Balaban J connectivity index is 0.00000126. The van der Waals surface area contributed by atoms with E-state index in [0.29, 0.717) is 35.6 Å². The van der Waals surface area contributed by atoms with E-state index in [1.54, 1.807) is 24.2 Å². The van der Waals surface area contributed by atoms with Crippen LogP contribution in [-0.2, 0) is 20.0 Å². The summed E-state index contributed by atoms with van der Waals surface area (Å²) in [5.74, 6) is -4.13. The molecule has 1 aromatic carbocycles. The van der Waals surface area contributed by atoms with Crippen molar-refractivity contribution in [3.8, 4) is 11.3 Å². The summed E-state index contributed by atoms with van der Waals surface area (Å²) in [4.78, 5) is 22.4. The number of halogens is 3. The highest BCUT2D eigenvalue weighted by Gasteiger charge is 2.30. The number of carbonyl (C=O) groups excluding carboxylic acids is 1. The molecule has 6 nitrogen and oxygen atoms in total. The second-order valence-electron chi connectivity index (χ2n) is 7.65. The minimum absolute atomic E-state index is 0.131. The van der Waals surface area contributed by atoms with E-state index in [-0.39, 0.29) is 18.0 Å². The lowest BCUT2D eigenvalue weighted by Gasteiger charge is -2.27. The predicted octanol–water partition coefficient (Wildman–Crippen LogP) is 4.91. The molecule has 4 heterocycles. The molecule has 33 heavy (non-hydrogen) atoms. The summed E-state index contributed by atoms with van der Waals surface area (Å²) in [6, 6.07) is 5.57. The number of aromatic amines is 1. The third-order valence-electron chi connectivity index (χ3n) is 5.72. The van der Waals surface area contributed by atoms with E-state index in [2.05, 4.69) is 15.1 Å². The molecule has 1 aliphatic heterocycles. The average molecular weight is 455 g/mol. The smallest absolute Gasteiger partial charge is 0.256 e. The summed E-state index contributed by atoms with van der Waals surface area (Å²) in [5, 5.41) is 5.23. The number of amides is 1. The van der Waals surface area contributed by atoms with Crippen molar-refractivity contribution in [3.63, 3.8) is 0 Å². The average Bonchev–Trinajstić information content (AvgIpc) is 3.32. The maximum absolute atomic E-state index is 13.8. The lowest BCUT2D eigenvalue weighted by Crippen LogP contribution is -2.36. The van der Waals surface area contributed by atoms with Crippen molar-refractivity contribution in [3.05, 3.63) is 70.4 Å². The van der Waals surface area contributed by atoms with Gasteiger partial charge in [-0.2, -0.15) is 5.10 Å². The topological polar surface area (TPSA) is 66.8 Å². The molecule has 1 amide bonds. The van der Waals surface area contributed by atoms with Crippen LogP contribution in [-0.4, -0.2) is 37.1 Å². The Morgan fingerprint density at radius 2 is 1.85 bits per heavy atom. The molecule has 0 saturated carbocycles. The lowest BCUT2D eigenvalue weighted by molar-refractivity contribution is 0.0733. The third-order valence-corrected chi connectivity index (χ3v) is 5.72. The maximum Gasteiger partial charge on any atom is 0.256 e. The normalized spacial score (nSPS) is 13.0. The molecular formula is C24H24F3N5O. The standard InChI is InChI=1S/C22H18F3N5O.C2H6/c1-11-18(14-4-3-6-26-21(14)27-11)22(31)30-7-5-13-17(10-30)28-29(2)20(13)12-8-15(23)19(25)16(24)9-12;1-2/h3-4,6,8-9H,5,7,10H2,1-2H3,(H,26,27);1-2H3. The molecule has 1 aliphatic rings. The fourth-order valence-corrected chi connectivity index (χ4v) is 4.33. The number of aryl methyl sites for hydroxylation is 2. The summed E-state index contributed by atoms with van der Waals surface area (Å²) in [6.07, 6.45) is 2.13. The number of benzene rings is 1. The van der Waals surface area contributed by atoms with Crippen LogP contribution in [0.5, 0.6) is 0 Å². The Hall–Kier alpha value is -3.62. The van der Waals surface area contributed by atoms with E-state index in [9.17, 15) is 18.0 Å². The highest BCUT2D eigenvalue weighted by atomic mass is 19.2. The van der Waals surface area contributed by atoms with Crippen molar-refractivity contribution in [2.45, 2.75) is 33.7 Å². The zero-order chi connectivity index (χ0) is 23.9. The quantitative estimate of drug-likeness (QED) is 0.437. The van der Waals surface area contributed by atoms with E-state index in [1.165, 1.54) is 4.68 Å². The number of rotatable bonds is 2. The molecule has 0 radical (unpaired) electrons. The number of H-pyrrole nitrogens is 1. The SMILES string of the molecule is CC.Cc1[nH]c2ncccc2c1C(=O)N1CCc2c(nn(C)c2-c2cc(F)c(F)c(F)c2)C1. The minimum atomic E-state index is -1.50. The van der Waals surface area contributed by atoms with Gasteiger partial charge in [-0.3, -0.25) is 9.48 Å². The number of hydrogen-bond donors (Lipinski definition) is 1. The van der Waals surface area contributed by atoms with Gasteiger partial charge in [0, 0.05) is 42.0 Å². The number of carbonyl (C=O) groups is 1. The molecule has 172 valence electrons. The van der Waals surface area contributed by atoms with Gasteiger partial charge >= 0.3 is 0 Å². The third kappa shape index (κ3) is 3.77. The molecule has 5 rings (SSSR count). The molecule has 0 saturated heterocycles. The van der Waals surface area contributed by atoms with Crippen LogP contribution in [0.2, 0.25) is 0 Å². The van der Waals surface area contributed by atoms with E-state index < -0.39 is 17.5 Å². The fraction of sp³-hybridized carbons (Fsp3) is 0.292. The van der Waals surface area contributed by atoms with Crippen LogP contribution in [0, 0.1) is 24.4 Å². The van der Waals surface area contributed by atoms with Gasteiger partial charge in [0.05, 0.1) is 23.5 Å². The molecule has 3 aromatic heterocycles. The predicted molar refractivity (Wildman–Crippen MR) is 119 cm³/mol. The van der Waals surface area contributed by atoms with Gasteiger partial charge in [0.1, 0.15) is 5.65 Å². The number of nitrogens with one attached hydrogen (secondary N) is 1. The second-order valence-corrected chi connectivity index (χ2v) is 7.65. The van der Waals surface area contributed by atoms with E-state index in [4.69, 9.17) is 0 Å². The van der Waals surface area contributed by atoms with Gasteiger partial charge in [-0.1, -0.05) is 13.8 Å². The zero-order valence-electron chi connectivity index (χ0n) is 18.8. The van der Waals surface area contributed by atoms with Crippen LogP contribution in [0.3, 0.4) is 0 Å². The molecule has 9 heteroatoms. The Labute approximate surface area is 189 Å². The van der Waals surface area contributed by atoms with E-state index in [1.807, 2.05) is 26.8 Å². The number of pyridine rings is 1. The molecule has 0 spiro atoms. The minimum Gasteiger partial charge on any atom is -0.343 e. The van der Waals surface area contributed by atoms with Crippen molar-refractivity contribution in [1.29, 1.82) is 0 Å². The first-order valence-corrected chi connectivity index (χ1v) is 10.8. The van der Waals surface area contributed by atoms with Gasteiger partial charge in [0.2, 0.25) is 0 Å². The summed E-state index contributed by atoms with van der Waals surface area (Å²) in [6.45, 7) is 6.52. The summed E-state index contributed by atoms with van der Waals surface area (Å²) in [5.41, 5.74) is 4.15. The van der Waals surface area contributed by atoms with Gasteiger partial charge in [-0.25, -0.2) is 18.2 Å². The van der Waals surface area contributed by atoms with E-state index >= 15 is 0 Å². The number of fused-ring (bicyclic) bond motifs is 2. The molecular weight excluding hydrogens is 431 g/mol. The number of hydrogen-bond acceptors (Lipinski definition) is 3. The zero-order valence-corrected chi connectivity index (χ0v) is 18.8. The van der Waals surface area contributed by atoms with Crippen LogP contribution in [0.4, 0.5) is 13.2 Å². The van der Waals surface area contributed by atoms with Crippen LogP contribution in [0.15, 0.2) is 30.5 Å². The number of aromatic nitrogens is 4. The van der Waals surface area contributed by atoms with Gasteiger partial charge in [0.25, 0.3) is 5.91 Å². The fourth-order valence-electron chi connectivity index (χ4n) is 4.33. The van der Waals surface area contributed by atoms with Gasteiger partial charge in [0.15, 0.2) is 17.5 Å². The largest absolute Gasteiger partial charge is 0.343 e. The Bertz CT molecular complexity index is 1330. The molecule has 0 unspecified atom stereocenters. The lowest BCUT2D eigenvalue weighted by atomic mass is 9.99. The van der Waals surface area contributed by atoms with Crippen LogP contribution < -0.4 is 0 Å². The molecule has 4 aromatic rings. The molecule has 0 aliphatic carbocycles. The Kier molecular flexibility index (Phi) is 5.97. The summed E-state index contributed by atoms with van der Waals surface area (Å²) < 4.78 is 42.5. The monoisotopic (exact) mass is 455 g/mol. The maximum atomic E-state index is 13.8. The van der Waals surface area contributed by atoms with Gasteiger partial charge in [-0.15, -0.1) is 0 Å². The van der Waals surface area contributed by atoms with Crippen molar-refractivity contribution in [2.24, 2.45) is 7.05 Å². The van der Waals surface area contributed by atoms with Crippen molar-refractivity contribution >= 4 is 16.9 Å². The molecule has 1 N–H and O–H groups in total. The highest BCUT2D eigenvalue weighted by Crippen LogP contribution is 2.32. The van der Waals surface area contributed by atoms with Crippen molar-refractivity contribution < 1.29 is 18.0 Å². The first-order chi connectivity index (χ1) is 15.8. The summed E-state index contributed by atoms with van der Waals surface area (Å²) in [7, 11) is 1.66. The Morgan fingerprint density at radius 1 is 1.15 bits per heavy atom. The first kappa shape index (κ1) is 22.6. The molecule has 0 atom stereocenters. The van der Waals surface area contributed by atoms with Crippen molar-refractivity contribution in [2.75, 3.05) is 6.54 Å². The molecule has 0 fully saturated rings. The van der Waals surface area contributed by atoms with Crippen LogP contribution >= 0.6 is 0 Å². The van der Waals surface area contributed by atoms with Gasteiger partial charge in [-0.05, 0) is 37.6 Å². The summed E-state index contributed by atoms with van der Waals surface area (Å²) >= 11 is 0. The van der Waals surface area contributed by atoms with Crippen LogP contribution in [0.1, 0.15) is 41.2 Å². The highest BCUT2D eigenvalue weighted by molar-refractivity contribution is 6.07. The first-order valence-electron chi connectivity index (χ1n) is 10.8.